The maximum absolute atomic E-state index is 1.68. The Labute approximate surface area is 248 Å². The minimum atomic E-state index is 1.13. The first-order valence-electron chi connectivity index (χ1n) is 19.8. The third-order valence-electron chi connectivity index (χ3n) is 17.4. The van der Waals surface area contributed by atoms with Gasteiger partial charge in [0.15, 0.2) is 0 Å². The van der Waals surface area contributed by atoms with Gasteiger partial charge in [-0.15, -0.1) is 0 Å². The van der Waals surface area contributed by atoms with Crippen LogP contribution in [0.1, 0.15) is 154 Å². The number of fused-ring (bicyclic) bond motifs is 5. The molecular weight excluding hydrogens is 480 g/mol. The summed E-state index contributed by atoms with van der Waals surface area (Å²) >= 11 is 0. The van der Waals surface area contributed by atoms with Crippen LogP contribution in [-0.2, 0) is 0 Å². The lowest BCUT2D eigenvalue weighted by Gasteiger charge is -2.60. The van der Waals surface area contributed by atoms with E-state index in [4.69, 9.17) is 0 Å². The van der Waals surface area contributed by atoms with Gasteiger partial charge in [-0.1, -0.05) is 51.4 Å². The van der Waals surface area contributed by atoms with Crippen molar-refractivity contribution in [2.75, 3.05) is 0 Å². The molecule has 0 N–H and O–H groups in total. The smallest absolute Gasteiger partial charge is 0.0321 e. The van der Waals surface area contributed by atoms with Gasteiger partial charge in [0.05, 0.1) is 0 Å². The van der Waals surface area contributed by atoms with Crippen molar-refractivity contribution in [1.29, 1.82) is 0 Å². The van der Waals surface area contributed by atoms with Crippen molar-refractivity contribution < 1.29 is 0 Å². The monoisotopic (exact) mass is 545 g/mol. The van der Waals surface area contributed by atoms with Gasteiger partial charge >= 0.3 is 0 Å². The Kier molecular flexibility index (Phi) is 7.17. The van der Waals surface area contributed by atoms with E-state index < -0.39 is 0 Å². The topological polar surface area (TPSA) is 0 Å². The fourth-order valence-corrected chi connectivity index (χ4v) is 16.1. The molecule has 0 aliphatic heterocycles. The molecule has 9 saturated carbocycles. The molecule has 16 atom stereocenters. The van der Waals surface area contributed by atoms with E-state index in [1.54, 1.807) is 154 Å². The average molecular weight is 545 g/mol. The lowest BCUT2D eigenvalue weighted by molar-refractivity contribution is -0.112. The molecule has 2 bridgehead atoms. The van der Waals surface area contributed by atoms with Gasteiger partial charge in [-0.2, -0.15) is 0 Å². The molecule has 0 aromatic heterocycles. The van der Waals surface area contributed by atoms with Crippen molar-refractivity contribution in [2.24, 2.45) is 94.7 Å². The summed E-state index contributed by atoms with van der Waals surface area (Å²) in [4.78, 5) is 0. The summed E-state index contributed by atoms with van der Waals surface area (Å²) in [6.45, 7) is 0. The third-order valence-corrected chi connectivity index (χ3v) is 17.4. The van der Waals surface area contributed by atoms with Gasteiger partial charge in [-0.05, 0) is 197 Å². The standard InChI is InChI=1S/C40H64/c1-2-9-34-25(5-1)6-4-10-37(34)35-21-18-30-24-31(35)14-13-29-23-32(17-19-33(29)30)36-20-15-28-12-11-26-7-3-8-27-16-22-38(36)40(28)39(26)27/h25-40H,1-24H2. The van der Waals surface area contributed by atoms with Crippen LogP contribution in [0, 0.1) is 94.7 Å². The van der Waals surface area contributed by atoms with E-state index in [0.29, 0.717) is 0 Å². The van der Waals surface area contributed by atoms with Gasteiger partial charge in [0.2, 0.25) is 0 Å². The van der Waals surface area contributed by atoms with Crippen molar-refractivity contribution in [2.45, 2.75) is 154 Å². The summed E-state index contributed by atoms with van der Waals surface area (Å²) in [7, 11) is 0. The quantitative estimate of drug-likeness (QED) is 0.324. The summed E-state index contributed by atoms with van der Waals surface area (Å²) in [5.74, 6) is 18.3. The maximum atomic E-state index is 1.68. The Balaban J connectivity index is 0.894. The summed E-state index contributed by atoms with van der Waals surface area (Å²) in [6, 6.07) is 0. The minimum absolute atomic E-state index is 1.13. The molecule has 0 amide bonds. The Morgan fingerprint density at radius 2 is 0.600 bits per heavy atom. The van der Waals surface area contributed by atoms with E-state index in [0.717, 1.165) is 82.9 Å². The molecule has 0 heteroatoms. The zero-order chi connectivity index (χ0) is 26.2. The molecule has 16 unspecified atom stereocenters. The second kappa shape index (κ2) is 10.9. The number of hydrogen-bond acceptors (Lipinski definition) is 0. The van der Waals surface area contributed by atoms with Gasteiger partial charge in [0.1, 0.15) is 0 Å². The Hall–Kier alpha value is 0. The minimum Gasteiger partial charge on any atom is -0.0530 e. The van der Waals surface area contributed by atoms with Gasteiger partial charge < -0.3 is 0 Å². The van der Waals surface area contributed by atoms with Crippen LogP contribution in [0.3, 0.4) is 0 Å². The van der Waals surface area contributed by atoms with Crippen molar-refractivity contribution in [3.8, 4) is 0 Å². The average Bonchev–Trinajstić information content (AvgIpc) is 3.15. The third kappa shape index (κ3) is 4.38. The van der Waals surface area contributed by atoms with Crippen molar-refractivity contribution in [1.82, 2.24) is 0 Å². The Bertz CT molecular complexity index is 880. The summed E-state index contributed by atoms with van der Waals surface area (Å²) in [6.07, 6.45) is 39.0. The van der Waals surface area contributed by atoms with Crippen molar-refractivity contribution >= 4 is 0 Å². The second-order valence-corrected chi connectivity index (χ2v) is 18.3. The number of hydrogen-bond donors (Lipinski definition) is 0. The molecule has 0 nitrogen and oxygen atoms in total. The van der Waals surface area contributed by atoms with Crippen LogP contribution in [0.25, 0.3) is 0 Å². The van der Waals surface area contributed by atoms with E-state index in [1.807, 2.05) is 0 Å². The first-order chi connectivity index (χ1) is 19.8. The molecular formula is C40H64. The Morgan fingerprint density at radius 3 is 1.35 bits per heavy atom. The number of rotatable bonds is 2. The summed E-state index contributed by atoms with van der Waals surface area (Å²) < 4.78 is 0. The highest BCUT2D eigenvalue weighted by molar-refractivity contribution is 5.05. The normalized spacial score (nSPS) is 57.6. The van der Waals surface area contributed by atoms with Crippen LogP contribution in [-0.4, -0.2) is 0 Å². The molecule has 0 saturated heterocycles. The molecule has 40 heavy (non-hydrogen) atoms. The lowest BCUT2D eigenvalue weighted by atomic mass is 9.45. The van der Waals surface area contributed by atoms with E-state index >= 15 is 0 Å². The van der Waals surface area contributed by atoms with Gasteiger partial charge in [-0.3, -0.25) is 0 Å². The van der Waals surface area contributed by atoms with Crippen LogP contribution >= 0.6 is 0 Å². The second-order valence-electron chi connectivity index (χ2n) is 18.3. The van der Waals surface area contributed by atoms with Crippen LogP contribution < -0.4 is 0 Å². The SMILES string of the molecule is C1CCC2C(C1)CCCC2C1CCC2CC1CCC1CC(C3CCC4CCC5CCCC6CCC3C4C56)CCC21. The summed E-state index contributed by atoms with van der Waals surface area (Å²) in [5.41, 5.74) is 0. The van der Waals surface area contributed by atoms with Crippen LogP contribution in [0.4, 0.5) is 0 Å². The van der Waals surface area contributed by atoms with Gasteiger partial charge in [0.25, 0.3) is 0 Å². The van der Waals surface area contributed by atoms with E-state index in [1.165, 1.54) is 11.8 Å². The molecule has 0 radical (unpaired) electrons. The predicted octanol–water partition coefficient (Wildman–Crippen LogP) is 11.3. The predicted molar refractivity (Wildman–Crippen MR) is 167 cm³/mol. The molecule has 9 rings (SSSR count). The molecule has 0 aromatic rings. The highest BCUT2D eigenvalue weighted by atomic mass is 14.6. The van der Waals surface area contributed by atoms with E-state index in [2.05, 4.69) is 0 Å². The molecule has 9 fully saturated rings. The zero-order valence-corrected chi connectivity index (χ0v) is 26.2. The van der Waals surface area contributed by atoms with E-state index in [9.17, 15) is 0 Å². The molecule has 0 spiro atoms. The van der Waals surface area contributed by atoms with Crippen molar-refractivity contribution in [3.63, 3.8) is 0 Å². The van der Waals surface area contributed by atoms with Crippen LogP contribution in [0.5, 0.6) is 0 Å². The largest absolute Gasteiger partial charge is 0.0530 e. The maximum Gasteiger partial charge on any atom is -0.0321 e. The molecule has 0 heterocycles. The van der Waals surface area contributed by atoms with Crippen LogP contribution in [0.15, 0.2) is 0 Å². The molecule has 224 valence electrons. The summed E-state index contributed by atoms with van der Waals surface area (Å²) in [5, 5.41) is 0. The first-order valence-corrected chi connectivity index (χ1v) is 19.8. The van der Waals surface area contributed by atoms with Gasteiger partial charge in [-0.25, -0.2) is 0 Å². The first kappa shape index (κ1) is 26.4. The molecule has 0 aromatic carbocycles. The lowest BCUT2D eigenvalue weighted by Crippen LogP contribution is -2.53. The van der Waals surface area contributed by atoms with Gasteiger partial charge in [0, 0.05) is 0 Å². The highest BCUT2D eigenvalue weighted by Gasteiger charge is 2.55. The highest BCUT2D eigenvalue weighted by Crippen LogP contribution is 2.64. The Morgan fingerprint density at radius 1 is 0.200 bits per heavy atom. The fourth-order valence-electron chi connectivity index (χ4n) is 16.1. The fraction of sp³-hybridized carbons (Fsp3) is 1.00. The van der Waals surface area contributed by atoms with Crippen molar-refractivity contribution in [3.05, 3.63) is 0 Å². The zero-order valence-electron chi connectivity index (χ0n) is 26.2. The van der Waals surface area contributed by atoms with E-state index in [-0.39, 0.29) is 0 Å². The molecule has 9 aliphatic rings. The molecule has 9 aliphatic carbocycles. The van der Waals surface area contributed by atoms with Crippen LogP contribution in [0.2, 0.25) is 0 Å².